The first kappa shape index (κ1) is 24.1. The predicted octanol–water partition coefficient (Wildman–Crippen LogP) is 6.35. The highest BCUT2D eigenvalue weighted by Crippen LogP contribution is 2.37. The Kier molecular flexibility index (Phi) is 11.4. The van der Waals surface area contributed by atoms with Crippen LogP contribution in [0.1, 0.15) is 62.1 Å². The van der Waals surface area contributed by atoms with Crippen molar-refractivity contribution in [2.24, 2.45) is 5.73 Å². The Balaban J connectivity index is 0.000000921. The number of hydrogen-bond donors (Lipinski definition) is 2. The quantitative estimate of drug-likeness (QED) is 0.471. The van der Waals surface area contributed by atoms with E-state index in [2.05, 4.69) is 34.7 Å². The Labute approximate surface area is 177 Å². The minimum Gasteiger partial charge on any atom is -0.379 e. The van der Waals surface area contributed by atoms with Gasteiger partial charge in [0.1, 0.15) is 11.8 Å². The van der Waals surface area contributed by atoms with Crippen molar-refractivity contribution in [3.05, 3.63) is 44.6 Å². The second-order valence-corrected chi connectivity index (χ2v) is 7.71. The molecule has 0 aliphatic rings. The molecule has 0 saturated heterocycles. The highest BCUT2D eigenvalue weighted by atomic mass is 32.1. The fourth-order valence-corrected chi connectivity index (χ4v) is 4.72. The van der Waals surface area contributed by atoms with Crippen molar-refractivity contribution in [1.29, 1.82) is 5.26 Å². The molecule has 0 aromatic carbocycles. The summed E-state index contributed by atoms with van der Waals surface area (Å²) in [5.74, 6) is 0. The van der Waals surface area contributed by atoms with Gasteiger partial charge in [-0.3, -0.25) is 0 Å². The van der Waals surface area contributed by atoms with Crippen LogP contribution in [0.3, 0.4) is 0 Å². The van der Waals surface area contributed by atoms with Crippen molar-refractivity contribution in [2.45, 2.75) is 60.4 Å². The average Bonchev–Trinajstić information content (AvgIpc) is 3.38. The molecular formula is C22H32N4S2. The molecule has 152 valence electrons. The molecule has 3 rings (SSSR count). The number of thiophene rings is 2. The van der Waals surface area contributed by atoms with Gasteiger partial charge in [-0.05, 0) is 42.5 Å². The summed E-state index contributed by atoms with van der Waals surface area (Å²) < 4.78 is 1.14. The largest absolute Gasteiger partial charge is 0.379 e. The number of rotatable bonds is 7. The highest BCUT2D eigenvalue weighted by Gasteiger charge is 2.17. The molecule has 0 bridgehead atoms. The van der Waals surface area contributed by atoms with Crippen molar-refractivity contribution in [3.63, 3.8) is 0 Å². The lowest BCUT2D eigenvalue weighted by molar-refractivity contribution is 0.897. The maximum absolute atomic E-state index is 9.35. The third-order valence-electron chi connectivity index (χ3n) is 3.84. The van der Waals surface area contributed by atoms with Gasteiger partial charge in [0, 0.05) is 16.3 Å². The molecule has 3 aromatic rings. The molecule has 0 radical (unpaired) electrons. The second kappa shape index (κ2) is 13.3. The predicted molar refractivity (Wildman–Crippen MR) is 125 cm³/mol. The Hall–Kier alpha value is -1.94. The molecule has 0 unspecified atom stereocenters. The number of nitriles is 1. The molecule has 0 amide bonds. The Morgan fingerprint density at radius 3 is 2.54 bits per heavy atom. The van der Waals surface area contributed by atoms with Gasteiger partial charge in [-0.25, -0.2) is 4.98 Å². The average molecular weight is 417 g/mol. The molecule has 4 nitrogen and oxygen atoms in total. The summed E-state index contributed by atoms with van der Waals surface area (Å²) >= 11 is 3.49. The third kappa shape index (κ3) is 6.03. The van der Waals surface area contributed by atoms with E-state index in [4.69, 9.17) is 5.73 Å². The first-order valence-electron chi connectivity index (χ1n) is 10.1. The van der Waals surface area contributed by atoms with E-state index in [1.54, 1.807) is 22.7 Å². The number of fused-ring (bicyclic) bond motifs is 1. The Morgan fingerprint density at radius 1 is 1.21 bits per heavy atom. The smallest absolute Gasteiger partial charge is 0.143 e. The van der Waals surface area contributed by atoms with Crippen molar-refractivity contribution in [2.75, 3.05) is 11.9 Å². The van der Waals surface area contributed by atoms with Crippen molar-refractivity contribution in [3.8, 4) is 6.07 Å². The van der Waals surface area contributed by atoms with Crippen LogP contribution in [0.4, 0.5) is 5.69 Å². The molecule has 0 aliphatic heterocycles. The lowest BCUT2D eigenvalue weighted by Gasteiger charge is -2.07. The molecule has 3 heterocycles. The Morgan fingerprint density at radius 2 is 1.96 bits per heavy atom. The zero-order valence-electron chi connectivity index (χ0n) is 17.6. The molecule has 0 aliphatic carbocycles. The first-order valence-corrected chi connectivity index (χ1v) is 11.8. The third-order valence-corrected chi connectivity index (χ3v) is 6.03. The number of aryl methyl sites for hydroxylation is 1. The number of anilines is 1. The van der Waals surface area contributed by atoms with E-state index in [0.717, 1.165) is 41.7 Å². The van der Waals surface area contributed by atoms with Gasteiger partial charge >= 0.3 is 0 Å². The minimum atomic E-state index is 0.464. The van der Waals surface area contributed by atoms with Crippen LogP contribution >= 0.6 is 22.7 Å². The van der Waals surface area contributed by atoms with Gasteiger partial charge in [-0.1, -0.05) is 47.1 Å². The molecule has 0 saturated carbocycles. The first-order chi connectivity index (χ1) is 13.8. The van der Waals surface area contributed by atoms with Gasteiger partial charge in [0.05, 0.1) is 15.9 Å². The van der Waals surface area contributed by atoms with Crippen LogP contribution in [0, 0.1) is 11.3 Å². The molecule has 3 N–H and O–H groups in total. The van der Waals surface area contributed by atoms with E-state index in [9.17, 15) is 5.26 Å². The molecule has 28 heavy (non-hydrogen) atoms. The van der Waals surface area contributed by atoms with Crippen molar-refractivity contribution in [1.82, 2.24) is 4.98 Å². The van der Waals surface area contributed by atoms with Crippen LogP contribution in [0.25, 0.3) is 10.2 Å². The number of nitrogens with zero attached hydrogens (tertiary/aromatic N) is 2. The van der Waals surface area contributed by atoms with Gasteiger partial charge in [0.25, 0.3) is 0 Å². The van der Waals surface area contributed by atoms with Gasteiger partial charge in [-0.15, -0.1) is 22.7 Å². The molecular weight excluding hydrogens is 384 g/mol. The van der Waals surface area contributed by atoms with Crippen LogP contribution in [0.5, 0.6) is 0 Å². The van der Waals surface area contributed by atoms with Crippen molar-refractivity contribution < 1.29 is 0 Å². The summed E-state index contributed by atoms with van der Waals surface area (Å²) in [5.41, 5.74) is 9.48. The van der Waals surface area contributed by atoms with Crippen LogP contribution in [0.2, 0.25) is 0 Å². The maximum atomic E-state index is 9.35. The molecule has 6 heteroatoms. The maximum Gasteiger partial charge on any atom is 0.143 e. The lowest BCUT2D eigenvalue weighted by atomic mass is 10.1. The SMILES string of the molecule is CC.CC.CCCc1c(CCN)sc2c(NCc3cccs3)cc(C#N)nc12. The standard InChI is InChI=1S/C18H20N4S2.2C2H6/c1-2-4-14-16(6-7-19)24-18-15(9-12(10-20)22-17(14)18)21-11-13-5-3-8-23-13;2*1-2/h3,5,8-9H,2,4,6-7,11,19H2,1H3,(H,21,22);2*1-2H3. The summed E-state index contributed by atoms with van der Waals surface area (Å²) in [4.78, 5) is 7.16. The zero-order valence-corrected chi connectivity index (χ0v) is 19.3. The molecule has 0 atom stereocenters. The molecule has 3 aromatic heterocycles. The fourth-order valence-electron chi connectivity index (χ4n) is 2.78. The van der Waals surface area contributed by atoms with E-state index >= 15 is 0 Å². The van der Waals surface area contributed by atoms with Crippen molar-refractivity contribution >= 4 is 38.6 Å². The number of aromatic nitrogens is 1. The topological polar surface area (TPSA) is 74.7 Å². The van der Waals surface area contributed by atoms with E-state index in [-0.39, 0.29) is 0 Å². The summed E-state index contributed by atoms with van der Waals surface area (Å²) in [6.07, 6.45) is 2.89. The zero-order chi connectivity index (χ0) is 20.9. The van der Waals surface area contributed by atoms with Crippen LogP contribution in [0.15, 0.2) is 23.6 Å². The summed E-state index contributed by atoms with van der Waals surface area (Å²) in [7, 11) is 0. The van der Waals surface area contributed by atoms with Gasteiger partial charge < -0.3 is 11.1 Å². The monoisotopic (exact) mass is 416 g/mol. The van der Waals surface area contributed by atoms with E-state index in [0.29, 0.717) is 12.2 Å². The van der Waals surface area contributed by atoms with E-state index in [1.165, 1.54) is 15.3 Å². The highest BCUT2D eigenvalue weighted by molar-refractivity contribution is 7.19. The Bertz CT molecular complexity index is 861. The summed E-state index contributed by atoms with van der Waals surface area (Å²) in [6.45, 7) is 11.6. The van der Waals surface area contributed by atoms with Crippen LogP contribution in [-0.2, 0) is 19.4 Å². The van der Waals surface area contributed by atoms with E-state index in [1.807, 2.05) is 39.8 Å². The van der Waals surface area contributed by atoms with Gasteiger partial charge in [-0.2, -0.15) is 5.26 Å². The number of nitrogens with two attached hydrogens (primary N) is 1. The van der Waals surface area contributed by atoms with E-state index < -0.39 is 0 Å². The number of nitrogens with one attached hydrogen (secondary N) is 1. The summed E-state index contributed by atoms with van der Waals surface area (Å²) in [6, 6.07) is 8.21. The molecule has 0 spiro atoms. The molecule has 0 fully saturated rings. The van der Waals surface area contributed by atoms with Crippen LogP contribution < -0.4 is 11.1 Å². The minimum absolute atomic E-state index is 0.464. The van der Waals surface area contributed by atoms with Crippen LogP contribution in [-0.4, -0.2) is 11.5 Å². The van der Waals surface area contributed by atoms with Gasteiger partial charge in [0.2, 0.25) is 0 Å². The fraction of sp³-hybridized carbons (Fsp3) is 0.455. The van der Waals surface area contributed by atoms with Gasteiger partial charge in [0.15, 0.2) is 0 Å². The lowest BCUT2D eigenvalue weighted by Crippen LogP contribution is -2.03. The summed E-state index contributed by atoms with van der Waals surface area (Å²) in [5, 5.41) is 14.9. The normalized spacial score (nSPS) is 9.75. The number of hydrogen-bond acceptors (Lipinski definition) is 6. The second-order valence-electron chi connectivity index (χ2n) is 5.57. The number of pyridine rings is 1.